The summed E-state index contributed by atoms with van der Waals surface area (Å²) in [6, 6.07) is 12.7. The number of benzene rings is 3. The summed E-state index contributed by atoms with van der Waals surface area (Å²) in [7, 11) is 0. The monoisotopic (exact) mass is 688 g/mol. The van der Waals surface area contributed by atoms with Gasteiger partial charge in [-0.3, -0.25) is 15.1 Å². The van der Waals surface area contributed by atoms with Gasteiger partial charge in [0.05, 0.1) is 5.54 Å². The first-order chi connectivity index (χ1) is 21.7. The van der Waals surface area contributed by atoms with Crippen molar-refractivity contribution in [3.8, 4) is 5.75 Å². The third-order valence-electron chi connectivity index (χ3n) is 6.98. The Morgan fingerprint density at radius 3 is 2.00 bits per heavy atom. The van der Waals surface area contributed by atoms with Crippen molar-refractivity contribution in [2.75, 3.05) is 0 Å². The normalized spacial score (nSPS) is 17.1. The minimum atomic E-state index is -6.36. The van der Waals surface area contributed by atoms with Gasteiger partial charge in [-0.05, 0) is 47.0 Å². The van der Waals surface area contributed by atoms with Gasteiger partial charge in [0, 0.05) is 12.5 Å². The van der Waals surface area contributed by atoms with E-state index in [-0.39, 0.29) is 17.2 Å². The number of carbonyl (C=O) groups excluding carboxylic acids is 1. The molecule has 3 N–H and O–H groups in total. The summed E-state index contributed by atoms with van der Waals surface area (Å²) in [6.07, 6.45) is -26.0. The minimum Gasteiger partial charge on any atom is -0.428 e. The second-order valence-corrected chi connectivity index (χ2v) is 10.2. The van der Waals surface area contributed by atoms with Crippen molar-refractivity contribution >= 4 is 5.91 Å². The van der Waals surface area contributed by atoms with Crippen molar-refractivity contribution in [1.82, 2.24) is 10.8 Å². The Labute approximate surface area is 256 Å². The number of ether oxygens (including phenoxy) is 1. The lowest BCUT2D eigenvalue weighted by atomic mass is 9.77. The van der Waals surface area contributed by atoms with Crippen LogP contribution in [0.5, 0.6) is 5.75 Å². The number of amides is 1. The molecule has 0 spiro atoms. The first kappa shape index (κ1) is 35.4. The maximum atomic E-state index is 14.9. The maximum Gasteiger partial charge on any atom is 0.461 e. The molecule has 6 nitrogen and oxygen atoms in total. The lowest BCUT2D eigenvalue weighted by molar-refractivity contribution is -0.390. The Hall–Kier alpha value is -4.45. The van der Waals surface area contributed by atoms with Crippen LogP contribution in [-0.4, -0.2) is 47.6 Å². The molecule has 0 radical (unpaired) electrons. The van der Waals surface area contributed by atoms with Crippen LogP contribution < -0.4 is 15.5 Å². The van der Waals surface area contributed by atoms with E-state index in [1.807, 2.05) is 0 Å². The van der Waals surface area contributed by atoms with Crippen LogP contribution in [0.2, 0.25) is 0 Å². The van der Waals surface area contributed by atoms with Crippen molar-refractivity contribution in [3.63, 3.8) is 0 Å². The van der Waals surface area contributed by atoms with E-state index in [9.17, 15) is 62.6 Å². The maximum absolute atomic E-state index is 14.9. The third-order valence-corrected chi connectivity index (χ3v) is 6.98. The molecular weight excluding hydrogens is 668 g/mol. The third kappa shape index (κ3) is 7.12. The van der Waals surface area contributed by atoms with E-state index >= 15 is 0 Å². The first-order valence-corrected chi connectivity index (χ1v) is 13.0. The van der Waals surface area contributed by atoms with Gasteiger partial charge in [0.15, 0.2) is 6.10 Å². The topological polar surface area (TPSA) is 79.8 Å². The molecule has 1 heterocycles. The molecule has 2 unspecified atom stereocenters. The number of nitrogens with one attached hydrogen (secondary N) is 2. The van der Waals surface area contributed by atoms with Crippen LogP contribution in [0.15, 0.2) is 84.6 Å². The predicted octanol–water partition coefficient (Wildman–Crippen LogP) is 6.45. The molecule has 0 aromatic heterocycles. The van der Waals surface area contributed by atoms with Crippen LogP contribution in [0.1, 0.15) is 16.7 Å². The fourth-order valence-corrected chi connectivity index (χ4v) is 4.68. The zero-order valence-corrected chi connectivity index (χ0v) is 23.1. The summed E-state index contributed by atoms with van der Waals surface area (Å²) in [6.45, 7) is 0. The molecule has 3 aromatic rings. The number of aliphatic hydroxyl groups is 1. The largest absolute Gasteiger partial charge is 0.461 e. The van der Waals surface area contributed by atoms with Crippen molar-refractivity contribution in [2.45, 2.75) is 48.6 Å². The molecular formula is C29H20F12N2O4. The highest BCUT2D eigenvalue weighted by Crippen LogP contribution is 2.47. The zero-order valence-electron chi connectivity index (χ0n) is 23.1. The van der Waals surface area contributed by atoms with E-state index in [2.05, 4.69) is 14.9 Å². The number of halogens is 12. The number of hydroxylamine groups is 1. The fourth-order valence-electron chi connectivity index (χ4n) is 4.68. The van der Waals surface area contributed by atoms with Crippen molar-refractivity contribution < 1.29 is 72.2 Å². The van der Waals surface area contributed by atoms with Gasteiger partial charge in [0.2, 0.25) is 0 Å². The average molecular weight is 688 g/mol. The first-order valence-electron chi connectivity index (χ1n) is 13.0. The van der Waals surface area contributed by atoms with Crippen LogP contribution in [0, 0.1) is 11.6 Å². The summed E-state index contributed by atoms with van der Waals surface area (Å²) in [5.74, 6) is -4.95. The van der Waals surface area contributed by atoms with Gasteiger partial charge in [0.1, 0.15) is 23.1 Å². The van der Waals surface area contributed by atoms with Crippen molar-refractivity contribution in [2.24, 2.45) is 0 Å². The van der Waals surface area contributed by atoms with Gasteiger partial charge in [-0.25, -0.2) is 8.78 Å². The SMILES string of the molecule is O=C(NC(Cc1ccccc1)(c1ccc(F)cc1)c1cc(F)cc(OC(F)(F)C(F)F)c1)C1=CC(C(O)(C(F)(F)F)C(F)(F)F)ON1. The molecule has 0 bridgehead atoms. The molecule has 4 rings (SSSR count). The molecule has 1 amide bonds. The van der Waals surface area contributed by atoms with E-state index in [1.165, 1.54) is 24.3 Å². The molecule has 47 heavy (non-hydrogen) atoms. The zero-order chi connectivity index (χ0) is 35.0. The Morgan fingerprint density at radius 2 is 1.45 bits per heavy atom. The fraction of sp³-hybridized carbons (Fsp3) is 0.276. The lowest BCUT2D eigenvalue weighted by Gasteiger charge is -2.37. The van der Waals surface area contributed by atoms with Crippen LogP contribution in [0.25, 0.3) is 0 Å². The average Bonchev–Trinajstić information content (AvgIpc) is 3.46. The van der Waals surface area contributed by atoms with E-state index in [0.29, 0.717) is 18.2 Å². The van der Waals surface area contributed by atoms with Crippen LogP contribution in [0.3, 0.4) is 0 Å². The van der Waals surface area contributed by atoms with Crippen LogP contribution >= 0.6 is 0 Å². The molecule has 1 aliphatic rings. The van der Waals surface area contributed by atoms with Crippen molar-refractivity contribution in [1.29, 1.82) is 0 Å². The second kappa shape index (κ2) is 12.6. The van der Waals surface area contributed by atoms with Crippen LogP contribution in [0.4, 0.5) is 52.7 Å². The molecule has 254 valence electrons. The molecule has 2 atom stereocenters. The van der Waals surface area contributed by atoms with Crippen molar-refractivity contribution in [3.05, 3.63) is 113 Å². The molecule has 0 saturated carbocycles. The summed E-state index contributed by atoms with van der Waals surface area (Å²) < 4.78 is 167. The number of alkyl halides is 10. The summed E-state index contributed by atoms with van der Waals surface area (Å²) in [5.41, 5.74) is -7.73. The molecule has 0 saturated heterocycles. The molecule has 1 aliphatic heterocycles. The van der Waals surface area contributed by atoms with Gasteiger partial charge < -0.3 is 15.2 Å². The Bertz CT molecular complexity index is 1600. The number of carbonyl (C=O) groups is 1. The summed E-state index contributed by atoms with van der Waals surface area (Å²) in [4.78, 5) is 17.8. The number of rotatable bonds is 10. The highest BCUT2D eigenvalue weighted by Gasteiger charge is 2.75. The van der Waals surface area contributed by atoms with E-state index in [1.54, 1.807) is 11.5 Å². The van der Waals surface area contributed by atoms with Gasteiger partial charge in [-0.1, -0.05) is 42.5 Å². The van der Waals surface area contributed by atoms with Gasteiger partial charge >= 0.3 is 24.9 Å². The second-order valence-electron chi connectivity index (χ2n) is 10.2. The molecule has 0 aliphatic carbocycles. The predicted molar refractivity (Wildman–Crippen MR) is 137 cm³/mol. The Kier molecular flexibility index (Phi) is 9.51. The smallest absolute Gasteiger partial charge is 0.428 e. The van der Waals surface area contributed by atoms with E-state index < -0.39 is 83.1 Å². The van der Waals surface area contributed by atoms with E-state index in [4.69, 9.17) is 0 Å². The highest BCUT2D eigenvalue weighted by molar-refractivity contribution is 5.94. The van der Waals surface area contributed by atoms with E-state index in [0.717, 1.165) is 24.3 Å². The van der Waals surface area contributed by atoms with Gasteiger partial charge in [0.25, 0.3) is 11.5 Å². The van der Waals surface area contributed by atoms with Gasteiger partial charge in [-0.2, -0.15) is 43.9 Å². The molecule has 3 aromatic carbocycles. The molecule has 0 fully saturated rings. The number of hydrogen-bond donors (Lipinski definition) is 3. The highest BCUT2D eigenvalue weighted by atomic mass is 19.4. The minimum absolute atomic E-state index is 0.0302. The number of hydrogen-bond acceptors (Lipinski definition) is 5. The van der Waals surface area contributed by atoms with Crippen LogP contribution in [-0.2, 0) is 21.6 Å². The summed E-state index contributed by atoms with van der Waals surface area (Å²) in [5, 5.41) is 12.0. The standard InChI is InChI=1S/C29H20F12N2O4/c30-18-8-6-16(7-9-18)25(14-15-4-2-1-3-5-15,17-10-19(31)12-20(11-17)46-27(34,35)24(32)33)42-23(44)21-13-22(47-43-21)26(45,28(36,37)38)29(39,40)41/h1-13,22,24,43,45H,14H2,(H,42,44). The Balaban J connectivity index is 1.90. The molecule has 18 heteroatoms. The van der Waals surface area contributed by atoms with Gasteiger partial charge in [-0.15, -0.1) is 0 Å². The summed E-state index contributed by atoms with van der Waals surface area (Å²) >= 11 is 0. The Morgan fingerprint density at radius 1 is 0.851 bits per heavy atom. The lowest BCUT2D eigenvalue weighted by Crippen LogP contribution is -2.64. The quantitative estimate of drug-likeness (QED) is 0.214.